The van der Waals surface area contributed by atoms with Gasteiger partial charge in [-0.1, -0.05) is 112 Å². The van der Waals surface area contributed by atoms with Gasteiger partial charge in [0, 0.05) is 0 Å². The number of hydrogen-bond donors (Lipinski definition) is 0. The van der Waals surface area contributed by atoms with Gasteiger partial charge in [0.25, 0.3) is 0 Å². The van der Waals surface area contributed by atoms with Crippen molar-refractivity contribution in [3.05, 3.63) is 141 Å². The van der Waals surface area contributed by atoms with E-state index in [-0.39, 0.29) is 5.41 Å². The molecule has 1 heterocycles. The van der Waals surface area contributed by atoms with E-state index >= 15 is 0 Å². The van der Waals surface area contributed by atoms with Crippen LogP contribution in [0.1, 0.15) is 70.8 Å². The number of benzene rings is 4. The van der Waals surface area contributed by atoms with Crippen LogP contribution in [0.15, 0.2) is 91.0 Å². The maximum atomic E-state index is 5.22. The molecule has 4 aromatic rings. The maximum Gasteiger partial charge on any atom is 0.0701 e. The fourth-order valence-electron chi connectivity index (χ4n) is 5.99. The van der Waals surface area contributed by atoms with Gasteiger partial charge in [-0.05, 0) is 81.2 Å². The van der Waals surface area contributed by atoms with Crippen molar-refractivity contribution in [3.63, 3.8) is 0 Å². The maximum absolute atomic E-state index is 5.22. The highest BCUT2D eigenvalue weighted by atomic mass is 16.6. The number of ether oxygens (including phenoxy) is 4. The first kappa shape index (κ1) is 32.1. The van der Waals surface area contributed by atoms with Gasteiger partial charge in [-0.2, -0.15) is 0 Å². The predicted molar refractivity (Wildman–Crippen MR) is 179 cm³/mol. The van der Waals surface area contributed by atoms with Crippen LogP contribution < -0.4 is 0 Å². The molecule has 1 aliphatic carbocycles. The molecule has 1 fully saturated rings. The molecule has 232 valence electrons. The molecule has 0 spiro atoms. The highest BCUT2D eigenvalue weighted by Crippen LogP contribution is 2.30. The van der Waals surface area contributed by atoms with Gasteiger partial charge in [-0.25, -0.2) is 0 Å². The number of hydrogen-bond acceptors (Lipinski definition) is 4. The molecule has 44 heavy (non-hydrogen) atoms. The third-order valence-electron chi connectivity index (χ3n) is 8.06. The lowest BCUT2D eigenvalue weighted by atomic mass is 9.81. The molecule has 4 heteroatoms. The van der Waals surface area contributed by atoms with Gasteiger partial charge in [-0.3, -0.25) is 0 Å². The van der Waals surface area contributed by atoms with E-state index in [1.807, 2.05) is 0 Å². The first-order valence-electron chi connectivity index (χ1n) is 16.1. The zero-order valence-corrected chi connectivity index (χ0v) is 26.8. The summed E-state index contributed by atoms with van der Waals surface area (Å²) in [6.07, 6.45) is 3.92. The van der Waals surface area contributed by atoms with Crippen molar-refractivity contribution in [3.8, 4) is 0 Å². The Kier molecular flexibility index (Phi) is 11.8. The van der Waals surface area contributed by atoms with Crippen LogP contribution in [-0.2, 0) is 50.0 Å². The van der Waals surface area contributed by atoms with Crippen molar-refractivity contribution in [2.24, 2.45) is 0 Å². The normalized spacial score (nSPS) is 16.4. The summed E-state index contributed by atoms with van der Waals surface area (Å²) in [4.78, 5) is 0. The lowest BCUT2D eigenvalue weighted by molar-refractivity contribution is -0.0334. The lowest BCUT2D eigenvalue weighted by Gasteiger charge is -2.24. The quantitative estimate of drug-likeness (QED) is 0.184. The summed E-state index contributed by atoms with van der Waals surface area (Å²) >= 11 is 0. The molecule has 0 atom stereocenters. The molecule has 4 nitrogen and oxygen atoms in total. The molecule has 2 aliphatic rings. The lowest BCUT2D eigenvalue weighted by Crippen LogP contribution is -2.16. The van der Waals surface area contributed by atoms with Gasteiger partial charge in [0.1, 0.15) is 0 Å². The zero-order valence-electron chi connectivity index (χ0n) is 26.8. The predicted octanol–water partition coefficient (Wildman–Crippen LogP) is 7.73. The largest absolute Gasteiger partial charge is 0.377 e. The molecule has 8 bridgehead atoms. The Morgan fingerprint density at radius 2 is 0.705 bits per heavy atom. The SMILES string of the molecule is C1COCCOCCOCCO1.CC(C)(C)c1ccc2cc1Cc1cccc(c1)Cc1cccc(c1)Cc1cccc(c1)C2. The van der Waals surface area contributed by atoms with Crippen LogP contribution in [0.25, 0.3) is 0 Å². The first-order chi connectivity index (χ1) is 21.4. The minimum Gasteiger partial charge on any atom is -0.377 e. The van der Waals surface area contributed by atoms with Gasteiger partial charge < -0.3 is 18.9 Å². The molecule has 0 aromatic heterocycles. The fraction of sp³-hybridized carbons (Fsp3) is 0.400. The molecule has 1 aliphatic heterocycles. The molecule has 0 unspecified atom stereocenters. The van der Waals surface area contributed by atoms with Crippen molar-refractivity contribution >= 4 is 0 Å². The standard InChI is InChI=1S/C32H32.C8H16O4/c1-32(2,3)31-14-13-29-20-27-10-5-9-25(18-27)16-23-7-4-8-24(15-23)17-26-11-6-12-28(19-26)21-30(31)22-29;1-2-10-5-6-12-8-7-11-4-3-9-1/h4-15,18-19,22H,16-17,20-21H2,1-3H3;1-8H2. The molecule has 6 rings (SSSR count). The van der Waals surface area contributed by atoms with Gasteiger partial charge in [0.05, 0.1) is 52.9 Å². The fourth-order valence-corrected chi connectivity index (χ4v) is 5.99. The summed E-state index contributed by atoms with van der Waals surface area (Å²) in [5.74, 6) is 0. The van der Waals surface area contributed by atoms with E-state index in [1.165, 1.54) is 50.1 Å². The highest BCUT2D eigenvalue weighted by Gasteiger charge is 2.19. The topological polar surface area (TPSA) is 36.9 Å². The molecular weight excluding hydrogens is 544 g/mol. The van der Waals surface area contributed by atoms with Crippen molar-refractivity contribution in [1.82, 2.24) is 0 Å². The van der Waals surface area contributed by atoms with E-state index in [2.05, 4.69) is 112 Å². The summed E-state index contributed by atoms with van der Waals surface area (Å²) in [5, 5.41) is 0. The van der Waals surface area contributed by atoms with Gasteiger partial charge in [0.15, 0.2) is 0 Å². The van der Waals surface area contributed by atoms with Crippen LogP contribution in [0, 0.1) is 0 Å². The second kappa shape index (κ2) is 16.2. The summed E-state index contributed by atoms with van der Waals surface area (Å²) in [6.45, 7) is 12.1. The van der Waals surface area contributed by atoms with Crippen LogP contribution >= 0.6 is 0 Å². The minimum absolute atomic E-state index is 0.132. The van der Waals surface area contributed by atoms with Crippen LogP contribution in [0.4, 0.5) is 0 Å². The van der Waals surface area contributed by atoms with Crippen molar-refractivity contribution < 1.29 is 18.9 Å². The van der Waals surface area contributed by atoms with E-state index < -0.39 is 0 Å². The molecule has 0 amide bonds. The van der Waals surface area contributed by atoms with Crippen molar-refractivity contribution in [2.75, 3.05) is 52.9 Å². The summed E-state index contributed by atoms with van der Waals surface area (Å²) in [5.41, 5.74) is 12.8. The van der Waals surface area contributed by atoms with Crippen LogP contribution in [-0.4, -0.2) is 52.9 Å². The van der Waals surface area contributed by atoms with Gasteiger partial charge in [0.2, 0.25) is 0 Å². The first-order valence-corrected chi connectivity index (χ1v) is 16.1. The minimum atomic E-state index is 0.132. The monoisotopic (exact) mass is 592 g/mol. The molecule has 0 N–H and O–H groups in total. The Labute approximate surface area is 264 Å². The summed E-state index contributed by atoms with van der Waals surface area (Å²) in [7, 11) is 0. The van der Waals surface area contributed by atoms with Gasteiger partial charge in [-0.15, -0.1) is 0 Å². The smallest absolute Gasteiger partial charge is 0.0701 e. The molecule has 1 saturated heterocycles. The van der Waals surface area contributed by atoms with Crippen LogP contribution in [0.2, 0.25) is 0 Å². The van der Waals surface area contributed by atoms with E-state index in [0.29, 0.717) is 52.9 Å². The Morgan fingerprint density at radius 3 is 1.05 bits per heavy atom. The average Bonchev–Trinajstić information content (AvgIpc) is 2.98. The summed E-state index contributed by atoms with van der Waals surface area (Å²) < 4.78 is 20.9. The van der Waals surface area contributed by atoms with Crippen molar-refractivity contribution in [2.45, 2.75) is 51.9 Å². The Morgan fingerprint density at radius 1 is 0.386 bits per heavy atom. The molecular formula is C40H48O4. The molecule has 0 radical (unpaired) electrons. The third kappa shape index (κ3) is 10.1. The second-order valence-corrected chi connectivity index (χ2v) is 12.9. The van der Waals surface area contributed by atoms with E-state index in [4.69, 9.17) is 18.9 Å². The Hall–Kier alpha value is -3.28. The van der Waals surface area contributed by atoms with E-state index in [0.717, 1.165) is 25.7 Å². The van der Waals surface area contributed by atoms with E-state index in [1.54, 1.807) is 0 Å². The second-order valence-electron chi connectivity index (χ2n) is 12.9. The van der Waals surface area contributed by atoms with Crippen LogP contribution in [0.5, 0.6) is 0 Å². The van der Waals surface area contributed by atoms with E-state index in [9.17, 15) is 0 Å². The van der Waals surface area contributed by atoms with Gasteiger partial charge >= 0.3 is 0 Å². The Bertz CT molecular complexity index is 1420. The van der Waals surface area contributed by atoms with Crippen molar-refractivity contribution in [1.29, 1.82) is 0 Å². The average molecular weight is 593 g/mol. The number of rotatable bonds is 0. The summed E-state index contributed by atoms with van der Waals surface area (Å²) in [6, 6.07) is 34.6. The molecule has 0 saturated carbocycles. The zero-order chi connectivity index (χ0) is 30.6. The number of fused-ring (bicyclic) bond motifs is 8. The third-order valence-corrected chi connectivity index (χ3v) is 8.06. The highest BCUT2D eigenvalue weighted by molar-refractivity contribution is 5.43. The molecule has 4 aromatic carbocycles. The van der Waals surface area contributed by atoms with Crippen LogP contribution in [0.3, 0.4) is 0 Å². The Balaban J connectivity index is 0.000000270.